The van der Waals surface area contributed by atoms with Crippen LogP contribution in [0, 0.1) is 5.41 Å². The quantitative estimate of drug-likeness (QED) is 0.921. The molecule has 6 nitrogen and oxygen atoms in total. The van der Waals surface area contributed by atoms with E-state index in [0.29, 0.717) is 11.0 Å². The van der Waals surface area contributed by atoms with Gasteiger partial charge >= 0.3 is 0 Å². The molecule has 2 aromatic rings. The Bertz CT molecular complexity index is 739. The lowest BCUT2D eigenvalue weighted by Gasteiger charge is -2.45. The molecule has 0 unspecified atom stereocenters. The molecule has 26 heavy (non-hydrogen) atoms. The fraction of sp³-hybridized carbons (Fsp3) is 0.550. The highest BCUT2D eigenvalue weighted by molar-refractivity contribution is 5.94. The highest BCUT2D eigenvalue weighted by Crippen LogP contribution is 2.44. The lowest BCUT2D eigenvalue weighted by molar-refractivity contribution is 0.0654. The largest absolute Gasteiger partial charge is 0.349 e. The van der Waals surface area contributed by atoms with Gasteiger partial charge in [0.1, 0.15) is 0 Å². The zero-order valence-corrected chi connectivity index (χ0v) is 15.4. The normalized spacial score (nSPS) is 21.0. The molecular weight excluding hydrogens is 326 g/mol. The number of rotatable bonds is 3. The number of hydrogen-bond donors (Lipinski definition) is 1. The summed E-state index contributed by atoms with van der Waals surface area (Å²) in [5.41, 5.74) is 2.04. The Hall–Kier alpha value is -2.21. The van der Waals surface area contributed by atoms with Gasteiger partial charge in [-0.05, 0) is 76.2 Å². The minimum Gasteiger partial charge on any atom is -0.349 e. The van der Waals surface area contributed by atoms with Gasteiger partial charge in [0, 0.05) is 24.6 Å². The van der Waals surface area contributed by atoms with E-state index in [0.717, 1.165) is 18.5 Å². The maximum atomic E-state index is 12.6. The monoisotopic (exact) mass is 353 g/mol. The summed E-state index contributed by atoms with van der Waals surface area (Å²) < 4.78 is 1.71. The van der Waals surface area contributed by atoms with Crippen LogP contribution in [0.5, 0.6) is 0 Å². The van der Waals surface area contributed by atoms with E-state index in [9.17, 15) is 4.79 Å². The molecule has 138 valence electrons. The molecule has 2 aromatic heterocycles. The van der Waals surface area contributed by atoms with Crippen molar-refractivity contribution in [2.75, 3.05) is 20.1 Å². The molecule has 1 saturated heterocycles. The molecule has 0 radical (unpaired) electrons. The highest BCUT2D eigenvalue weighted by Gasteiger charge is 2.37. The van der Waals surface area contributed by atoms with Crippen LogP contribution in [0.3, 0.4) is 0 Å². The van der Waals surface area contributed by atoms with E-state index in [4.69, 9.17) is 0 Å². The van der Waals surface area contributed by atoms with Crippen LogP contribution in [-0.2, 0) is 0 Å². The minimum atomic E-state index is -0.0189. The van der Waals surface area contributed by atoms with Crippen molar-refractivity contribution < 1.29 is 4.79 Å². The Morgan fingerprint density at radius 3 is 2.54 bits per heavy atom. The van der Waals surface area contributed by atoms with E-state index in [-0.39, 0.29) is 11.9 Å². The summed E-state index contributed by atoms with van der Waals surface area (Å²) in [4.78, 5) is 19.0. The second-order valence-electron chi connectivity index (χ2n) is 7.93. The average molecular weight is 353 g/mol. The summed E-state index contributed by atoms with van der Waals surface area (Å²) >= 11 is 0. The third-order valence-corrected chi connectivity index (χ3v) is 6.20. The number of carbonyl (C=O) groups excluding carboxylic acids is 1. The summed E-state index contributed by atoms with van der Waals surface area (Å²) in [6, 6.07) is 4.03. The van der Waals surface area contributed by atoms with Gasteiger partial charge in [-0.25, -0.2) is 4.68 Å². The molecule has 0 atom stereocenters. The summed E-state index contributed by atoms with van der Waals surface area (Å²) in [7, 11) is 2.21. The topological polar surface area (TPSA) is 63.1 Å². The van der Waals surface area contributed by atoms with Crippen molar-refractivity contribution in [1.29, 1.82) is 0 Å². The number of nitrogens with one attached hydrogen (secondary N) is 1. The number of carbonyl (C=O) groups is 1. The van der Waals surface area contributed by atoms with Gasteiger partial charge < -0.3 is 10.2 Å². The van der Waals surface area contributed by atoms with Crippen LogP contribution < -0.4 is 5.32 Å². The van der Waals surface area contributed by atoms with E-state index < -0.39 is 0 Å². The lowest BCUT2D eigenvalue weighted by atomic mass is 9.67. The van der Waals surface area contributed by atoms with Crippen molar-refractivity contribution in [2.24, 2.45) is 5.41 Å². The number of likely N-dealkylation sites (tertiary alicyclic amines) is 1. The molecule has 4 rings (SSSR count). The van der Waals surface area contributed by atoms with Gasteiger partial charge in [-0.15, -0.1) is 0 Å². The Kier molecular flexibility index (Phi) is 4.76. The third-order valence-electron chi connectivity index (χ3n) is 6.20. The first kappa shape index (κ1) is 17.2. The molecule has 1 N–H and O–H groups in total. The molecule has 0 bridgehead atoms. The van der Waals surface area contributed by atoms with Crippen molar-refractivity contribution >= 4 is 5.91 Å². The predicted molar refractivity (Wildman–Crippen MR) is 100 cm³/mol. The third kappa shape index (κ3) is 3.65. The van der Waals surface area contributed by atoms with Crippen molar-refractivity contribution in [3.63, 3.8) is 0 Å². The number of pyridine rings is 1. The molecule has 0 aromatic carbocycles. The van der Waals surface area contributed by atoms with Gasteiger partial charge in [0.05, 0.1) is 17.4 Å². The molecule has 1 saturated carbocycles. The van der Waals surface area contributed by atoms with E-state index in [2.05, 4.69) is 27.3 Å². The summed E-state index contributed by atoms with van der Waals surface area (Å²) in [6.07, 6.45) is 14.1. The molecule has 1 aliphatic carbocycles. The van der Waals surface area contributed by atoms with Gasteiger partial charge in [-0.1, -0.05) is 0 Å². The molecule has 6 heteroatoms. The zero-order valence-electron chi connectivity index (χ0n) is 15.4. The van der Waals surface area contributed by atoms with Crippen LogP contribution in [0.4, 0.5) is 0 Å². The van der Waals surface area contributed by atoms with Crippen LogP contribution in [-0.4, -0.2) is 51.8 Å². The van der Waals surface area contributed by atoms with E-state index in [1.807, 2.05) is 12.1 Å². The van der Waals surface area contributed by atoms with Gasteiger partial charge in [0.2, 0.25) is 0 Å². The molecule has 1 amide bonds. The maximum absolute atomic E-state index is 12.6. The average Bonchev–Trinajstić information content (AvgIpc) is 3.17. The number of piperidine rings is 1. The van der Waals surface area contributed by atoms with Gasteiger partial charge in [0.15, 0.2) is 0 Å². The summed E-state index contributed by atoms with van der Waals surface area (Å²) in [5, 5.41) is 7.52. The molecule has 3 heterocycles. The standard InChI is InChI=1S/C20H27N5O/c1-24-12-8-20(9-13-24)6-2-17(3-7-20)23-19(26)16-14-22-25(15-16)18-4-10-21-11-5-18/h4-5,10-11,14-15,17H,2-3,6-9,12-13H2,1H3,(H,23,26). The molecule has 1 spiro atoms. The fourth-order valence-electron chi connectivity index (χ4n) is 4.31. The molecule has 1 aliphatic heterocycles. The van der Waals surface area contributed by atoms with E-state index in [1.165, 1.54) is 38.8 Å². The van der Waals surface area contributed by atoms with Crippen LogP contribution in [0.1, 0.15) is 48.9 Å². The van der Waals surface area contributed by atoms with Gasteiger partial charge in [0.25, 0.3) is 5.91 Å². The van der Waals surface area contributed by atoms with Crippen molar-refractivity contribution in [2.45, 2.75) is 44.6 Å². The Labute approximate surface area is 154 Å². The van der Waals surface area contributed by atoms with Crippen molar-refractivity contribution in [3.05, 3.63) is 42.5 Å². The predicted octanol–water partition coefficient (Wildman–Crippen LogP) is 2.65. The maximum Gasteiger partial charge on any atom is 0.254 e. The summed E-state index contributed by atoms with van der Waals surface area (Å²) in [5.74, 6) is -0.0189. The number of hydrogen-bond acceptors (Lipinski definition) is 4. The second-order valence-corrected chi connectivity index (χ2v) is 7.93. The first-order valence-electron chi connectivity index (χ1n) is 9.58. The summed E-state index contributed by atoms with van der Waals surface area (Å²) in [6.45, 7) is 2.43. The van der Waals surface area contributed by atoms with Gasteiger partial charge in [-0.3, -0.25) is 9.78 Å². The molecular formula is C20H27N5O. The minimum absolute atomic E-state index is 0.0189. The van der Waals surface area contributed by atoms with E-state index in [1.54, 1.807) is 29.5 Å². The Morgan fingerprint density at radius 1 is 1.15 bits per heavy atom. The first-order valence-corrected chi connectivity index (χ1v) is 9.58. The smallest absolute Gasteiger partial charge is 0.254 e. The zero-order chi connectivity index (χ0) is 18.0. The Morgan fingerprint density at radius 2 is 1.85 bits per heavy atom. The number of amides is 1. The SMILES string of the molecule is CN1CCC2(CCC(NC(=O)c3cnn(-c4ccncc4)c3)CC2)CC1. The van der Waals surface area contributed by atoms with Gasteiger partial charge in [-0.2, -0.15) is 5.10 Å². The van der Waals surface area contributed by atoms with Crippen LogP contribution >= 0.6 is 0 Å². The second kappa shape index (κ2) is 7.19. The highest BCUT2D eigenvalue weighted by atomic mass is 16.1. The van der Waals surface area contributed by atoms with Crippen LogP contribution in [0.15, 0.2) is 36.9 Å². The molecule has 2 fully saturated rings. The van der Waals surface area contributed by atoms with Crippen LogP contribution in [0.2, 0.25) is 0 Å². The number of aromatic nitrogens is 3. The Balaban J connectivity index is 1.33. The molecule has 2 aliphatic rings. The van der Waals surface area contributed by atoms with Crippen LogP contribution in [0.25, 0.3) is 5.69 Å². The van der Waals surface area contributed by atoms with E-state index >= 15 is 0 Å². The number of nitrogens with zero attached hydrogens (tertiary/aromatic N) is 4. The fourth-order valence-corrected chi connectivity index (χ4v) is 4.31. The lowest BCUT2D eigenvalue weighted by Crippen LogP contribution is -2.44. The van der Waals surface area contributed by atoms with Crippen molar-refractivity contribution in [3.8, 4) is 5.69 Å². The first-order chi connectivity index (χ1) is 12.6. The van der Waals surface area contributed by atoms with Crippen molar-refractivity contribution in [1.82, 2.24) is 25.0 Å².